The Kier molecular flexibility index (Phi) is 5.39. The van der Waals surface area contributed by atoms with E-state index >= 15 is 0 Å². The normalized spacial score (nSPS) is 23.6. The topological polar surface area (TPSA) is 59.0 Å². The lowest BCUT2D eigenvalue weighted by Gasteiger charge is -2.39. The lowest BCUT2D eigenvalue weighted by molar-refractivity contribution is -0.282. The van der Waals surface area contributed by atoms with E-state index in [4.69, 9.17) is 4.74 Å². The summed E-state index contributed by atoms with van der Waals surface area (Å²) in [4.78, 5) is 13.4. The molecule has 3 atom stereocenters. The van der Waals surface area contributed by atoms with Gasteiger partial charge in [-0.1, -0.05) is 18.2 Å². The molecule has 1 fully saturated rings. The van der Waals surface area contributed by atoms with Gasteiger partial charge in [-0.2, -0.15) is 13.2 Å². The smallest absolute Gasteiger partial charge is 0.428 e. The number of hydrogen-bond acceptors (Lipinski definition) is 5. The summed E-state index contributed by atoms with van der Waals surface area (Å²) < 4.78 is 50.5. The van der Waals surface area contributed by atoms with Gasteiger partial charge in [0.2, 0.25) is 0 Å². The maximum atomic E-state index is 13.5. The molecule has 0 radical (unpaired) electrons. The molecule has 0 aromatic heterocycles. The van der Waals surface area contributed by atoms with Crippen molar-refractivity contribution in [2.24, 2.45) is 5.92 Å². The number of halogens is 3. The number of benzene rings is 1. The molecular weight excluding hydrogens is 327 g/mol. The lowest BCUT2D eigenvalue weighted by atomic mass is 9.83. The molecule has 0 bridgehead atoms. The number of para-hydroxylation sites is 1. The molecule has 1 aliphatic rings. The minimum Gasteiger partial charge on any atom is -0.464 e. The third-order valence-corrected chi connectivity index (χ3v) is 4.16. The Bertz CT molecular complexity index is 566. The zero-order valence-corrected chi connectivity index (χ0v) is 13.4. The molecule has 1 saturated heterocycles. The van der Waals surface area contributed by atoms with E-state index < -0.39 is 29.9 Å². The molecule has 1 N–H and O–H groups in total. The van der Waals surface area contributed by atoms with Gasteiger partial charge < -0.3 is 19.5 Å². The number of carbonyl (C=O) groups is 1. The minimum atomic E-state index is -5.17. The number of nitrogens with zero attached hydrogens (tertiary/aromatic N) is 1. The maximum absolute atomic E-state index is 13.5. The van der Waals surface area contributed by atoms with Gasteiger partial charge in [-0.15, -0.1) is 0 Å². The number of aliphatic hydroxyl groups is 1. The van der Waals surface area contributed by atoms with Gasteiger partial charge in [0.15, 0.2) is 0 Å². The summed E-state index contributed by atoms with van der Waals surface area (Å²) in [6.07, 6.45) is -6.40. The second-order valence-corrected chi connectivity index (χ2v) is 5.59. The van der Waals surface area contributed by atoms with Gasteiger partial charge in [0.25, 0.3) is 5.60 Å². The standard InChI is InChI=1S/C16H20F3NO4/c1-3-23-14(21)15(22,16(17,18)19)12-9-10-24-13(12)20(2)11-7-5-4-6-8-11/h4-8,12-13,22H,3,9-10H2,1-2H3/t12-,13-,15+/m1/s1. The Balaban J connectivity index is 2.37. The molecule has 1 aliphatic heterocycles. The Morgan fingerprint density at radius 3 is 2.54 bits per heavy atom. The average molecular weight is 347 g/mol. The fraction of sp³-hybridized carbons (Fsp3) is 0.562. The number of carbonyl (C=O) groups excluding carboxylic acids is 1. The largest absolute Gasteiger partial charge is 0.464 e. The predicted octanol–water partition coefficient (Wildman–Crippen LogP) is 2.34. The second-order valence-electron chi connectivity index (χ2n) is 5.59. The van der Waals surface area contributed by atoms with Gasteiger partial charge in [-0.3, -0.25) is 0 Å². The molecule has 5 nitrogen and oxygen atoms in total. The van der Waals surface area contributed by atoms with E-state index in [0.29, 0.717) is 5.69 Å². The molecule has 0 aliphatic carbocycles. The molecule has 1 aromatic rings. The SMILES string of the molecule is CCOC(=O)[C@@](O)([C@@H]1CCO[C@H]1N(C)c1ccccc1)C(F)(F)F. The van der Waals surface area contributed by atoms with Crippen LogP contribution in [0, 0.1) is 5.92 Å². The highest BCUT2D eigenvalue weighted by molar-refractivity contribution is 5.81. The van der Waals surface area contributed by atoms with Crippen LogP contribution in [0.1, 0.15) is 13.3 Å². The molecule has 8 heteroatoms. The van der Waals surface area contributed by atoms with Crippen LogP contribution in [0.15, 0.2) is 30.3 Å². The van der Waals surface area contributed by atoms with Crippen molar-refractivity contribution in [1.29, 1.82) is 0 Å². The van der Waals surface area contributed by atoms with Gasteiger partial charge >= 0.3 is 12.1 Å². The summed E-state index contributed by atoms with van der Waals surface area (Å²) in [5.74, 6) is -3.19. The average Bonchev–Trinajstić information content (AvgIpc) is 3.03. The van der Waals surface area contributed by atoms with Crippen LogP contribution >= 0.6 is 0 Å². The molecule has 0 unspecified atom stereocenters. The fourth-order valence-electron chi connectivity index (χ4n) is 2.90. The van der Waals surface area contributed by atoms with Crippen LogP contribution < -0.4 is 4.90 Å². The molecule has 0 amide bonds. The van der Waals surface area contributed by atoms with E-state index in [-0.39, 0.29) is 19.6 Å². The van der Waals surface area contributed by atoms with E-state index in [1.54, 1.807) is 37.4 Å². The molecule has 24 heavy (non-hydrogen) atoms. The Labute approximate surface area is 138 Å². The van der Waals surface area contributed by atoms with E-state index in [9.17, 15) is 23.1 Å². The molecule has 1 aromatic carbocycles. The van der Waals surface area contributed by atoms with Crippen LogP contribution in [0.4, 0.5) is 18.9 Å². The number of esters is 1. The van der Waals surface area contributed by atoms with Crippen LogP contribution in [0.3, 0.4) is 0 Å². The van der Waals surface area contributed by atoms with E-state index in [2.05, 4.69) is 4.74 Å². The highest BCUT2D eigenvalue weighted by Gasteiger charge is 2.68. The lowest BCUT2D eigenvalue weighted by Crippen LogP contribution is -2.62. The van der Waals surface area contributed by atoms with Crippen molar-refractivity contribution >= 4 is 11.7 Å². The van der Waals surface area contributed by atoms with Crippen molar-refractivity contribution in [1.82, 2.24) is 0 Å². The van der Waals surface area contributed by atoms with Crippen molar-refractivity contribution < 1.29 is 32.5 Å². The third-order valence-electron chi connectivity index (χ3n) is 4.16. The van der Waals surface area contributed by atoms with Gasteiger partial charge in [-0.05, 0) is 25.5 Å². The van der Waals surface area contributed by atoms with E-state index in [1.165, 1.54) is 11.8 Å². The molecule has 134 valence electrons. The van der Waals surface area contributed by atoms with Gasteiger partial charge in [0.05, 0.1) is 12.5 Å². The highest BCUT2D eigenvalue weighted by atomic mass is 19.4. The van der Waals surface area contributed by atoms with Crippen LogP contribution in [-0.4, -0.2) is 49.3 Å². The van der Waals surface area contributed by atoms with E-state index in [1.807, 2.05) is 0 Å². The number of anilines is 1. The first-order valence-electron chi connectivity index (χ1n) is 7.59. The Hall–Kier alpha value is -1.80. The van der Waals surface area contributed by atoms with Crippen LogP contribution in [0.2, 0.25) is 0 Å². The van der Waals surface area contributed by atoms with Crippen molar-refractivity contribution in [2.75, 3.05) is 25.2 Å². The summed E-state index contributed by atoms with van der Waals surface area (Å²) in [6, 6.07) is 8.65. The number of rotatable bonds is 5. The fourth-order valence-corrected chi connectivity index (χ4v) is 2.90. The van der Waals surface area contributed by atoms with Crippen LogP contribution in [0.25, 0.3) is 0 Å². The van der Waals surface area contributed by atoms with Crippen molar-refractivity contribution in [3.8, 4) is 0 Å². The first-order valence-corrected chi connectivity index (χ1v) is 7.59. The summed E-state index contributed by atoms with van der Waals surface area (Å²) in [7, 11) is 1.56. The van der Waals surface area contributed by atoms with Crippen LogP contribution in [-0.2, 0) is 14.3 Å². The molecule has 0 saturated carbocycles. The molecule has 0 spiro atoms. The third kappa shape index (κ3) is 3.21. The van der Waals surface area contributed by atoms with Crippen molar-refractivity contribution in [3.63, 3.8) is 0 Å². The molecular formula is C16H20F3NO4. The molecule has 1 heterocycles. The second kappa shape index (κ2) is 6.98. The quantitative estimate of drug-likeness (QED) is 0.829. The number of alkyl halides is 3. The van der Waals surface area contributed by atoms with Gasteiger partial charge in [-0.25, -0.2) is 4.79 Å². The van der Waals surface area contributed by atoms with Gasteiger partial charge in [0, 0.05) is 19.3 Å². The van der Waals surface area contributed by atoms with Crippen molar-refractivity contribution in [2.45, 2.75) is 31.3 Å². The summed E-state index contributed by atoms with van der Waals surface area (Å²) >= 11 is 0. The summed E-state index contributed by atoms with van der Waals surface area (Å²) in [6.45, 7) is 1.13. The zero-order valence-electron chi connectivity index (χ0n) is 13.4. The van der Waals surface area contributed by atoms with Crippen molar-refractivity contribution in [3.05, 3.63) is 30.3 Å². The van der Waals surface area contributed by atoms with Crippen LogP contribution in [0.5, 0.6) is 0 Å². The summed E-state index contributed by atoms with van der Waals surface area (Å²) in [5.41, 5.74) is -3.00. The molecule has 2 rings (SSSR count). The minimum absolute atomic E-state index is 0.00427. The Morgan fingerprint density at radius 1 is 1.38 bits per heavy atom. The maximum Gasteiger partial charge on any atom is 0.428 e. The van der Waals surface area contributed by atoms with E-state index in [0.717, 1.165) is 0 Å². The predicted molar refractivity (Wildman–Crippen MR) is 80.3 cm³/mol. The highest BCUT2D eigenvalue weighted by Crippen LogP contribution is 2.44. The Morgan fingerprint density at radius 2 is 2.00 bits per heavy atom. The number of ether oxygens (including phenoxy) is 2. The zero-order chi connectivity index (χ0) is 18.0. The number of hydrogen-bond donors (Lipinski definition) is 1. The van der Waals surface area contributed by atoms with Gasteiger partial charge in [0.1, 0.15) is 6.23 Å². The first kappa shape index (κ1) is 18.5. The first-order chi connectivity index (χ1) is 11.2. The monoisotopic (exact) mass is 347 g/mol. The summed E-state index contributed by atoms with van der Waals surface area (Å²) in [5, 5.41) is 10.3.